The van der Waals surface area contributed by atoms with Gasteiger partial charge in [-0.15, -0.1) is 0 Å². The Morgan fingerprint density at radius 1 is 1.22 bits per heavy atom. The summed E-state index contributed by atoms with van der Waals surface area (Å²) in [6.45, 7) is 12.6. The van der Waals surface area contributed by atoms with Gasteiger partial charge >= 0.3 is 0 Å². The molecule has 7 nitrogen and oxygen atoms in total. The Morgan fingerprint density at radius 2 is 1.92 bits per heavy atom. The Bertz CT molecular complexity index is 1010. The van der Waals surface area contributed by atoms with Gasteiger partial charge in [0.2, 0.25) is 5.88 Å². The topological polar surface area (TPSA) is 82.5 Å². The third-order valence-corrected chi connectivity index (χ3v) is 8.71. The first kappa shape index (κ1) is 29.3. The lowest BCUT2D eigenvalue weighted by Gasteiger charge is -2.29. The summed E-state index contributed by atoms with van der Waals surface area (Å²) in [4.78, 5) is 24.1. The fraction of sp³-hybridized carbons (Fsp3) is 0.607. The van der Waals surface area contributed by atoms with Crippen LogP contribution in [-0.2, 0) is 27.5 Å². The van der Waals surface area contributed by atoms with Crippen molar-refractivity contribution >= 4 is 27.5 Å². The van der Waals surface area contributed by atoms with Gasteiger partial charge in [0.05, 0.1) is 30.1 Å². The summed E-state index contributed by atoms with van der Waals surface area (Å²) in [6, 6.07) is 8.88. The van der Waals surface area contributed by atoms with Crippen molar-refractivity contribution in [3.05, 3.63) is 35.5 Å². The molecule has 1 aromatic heterocycles. The predicted molar refractivity (Wildman–Crippen MR) is 152 cm³/mol. The van der Waals surface area contributed by atoms with E-state index in [4.69, 9.17) is 14.6 Å². The molecule has 3 rings (SSSR count). The van der Waals surface area contributed by atoms with Crippen LogP contribution in [0.25, 0.3) is 11.1 Å². The molecule has 1 N–H and O–H groups in total. The number of Topliss-reactive ketones (excluding diaryl/α,β-unsaturated/α-hetero) is 1. The van der Waals surface area contributed by atoms with Crippen LogP contribution in [0.1, 0.15) is 50.3 Å². The van der Waals surface area contributed by atoms with E-state index in [2.05, 4.69) is 24.9 Å². The summed E-state index contributed by atoms with van der Waals surface area (Å²) in [5, 5.41) is 7.77. The number of ketones is 1. The van der Waals surface area contributed by atoms with Gasteiger partial charge in [-0.3, -0.25) is 4.79 Å². The number of benzene rings is 1. The second-order valence-corrected chi connectivity index (χ2v) is 16.9. The molecule has 2 aromatic rings. The van der Waals surface area contributed by atoms with Crippen molar-refractivity contribution in [3.63, 3.8) is 0 Å². The highest BCUT2D eigenvalue weighted by Crippen LogP contribution is 2.34. The number of carbonyl (C=O) groups excluding carboxylic acids is 2. The molecule has 1 radical (unpaired) electrons. The van der Waals surface area contributed by atoms with Gasteiger partial charge in [0.25, 0.3) is 7.41 Å². The average Bonchev–Trinajstić information content (AvgIpc) is 3.17. The maximum atomic E-state index is 13.2. The quantitative estimate of drug-likeness (QED) is 0.200. The van der Waals surface area contributed by atoms with Crippen molar-refractivity contribution in [1.29, 1.82) is 0 Å². The molecule has 37 heavy (non-hydrogen) atoms. The number of aromatic nitrogens is 2. The van der Waals surface area contributed by atoms with Gasteiger partial charge in [0, 0.05) is 21.1 Å². The zero-order chi connectivity index (χ0) is 26.8. The Balaban J connectivity index is 1.72. The summed E-state index contributed by atoms with van der Waals surface area (Å²) in [7, 11) is 0.211. The number of carbonyl (C=O) groups is 2. The summed E-state index contributed by atoms with van der Waals surface area (Å²) in [5.41, 5.74) is 3.80. The average molecular weight is 525 g/mol. The number of hydrogen-bond acceptors (Lipinski definition) is 6. The van der Waals surface area contributed by atoms with Crippen LogP contribution in [0.15, 0.2) is 24.3 Å². The zero-order valence-electron chi connectivity index (χ0n) is 23.2. The van der Waals surface area contributed by atoms with Gasteiger partial charge in [-0.25, -0.2) is 4.68 Å². The lowest BCUT2D eigenvalue weighted by atomic mass is 9.79. The first-order valence-electron chi connectivity index (χ1n) is 13.7. The smallest absolute Gasteiger partial charge is 0.290 e. The summed E-state index contributed by atoms with van der Waals surface area (Å²) >= 11 is 0. The molecule has 1 fully saturated rings. The van der Waals surface area contributed by atoms with Gasteiger partial charge in [0.1, 0.15) is 6.73 Å². The zero-order valence-corrected chi connectivity index (χ0v) is 24.2. The molecule has 201 valence electrons. The van der Waals surface area contributed by atoms with Gasteiger partial charge < -0.3 is 19.5 Å². The highest BCUT2D eigenvalue weighted by Gasteiger charge is 2.29. The van der Waals surface area contributed by atoms with Crippen LogP contribution >= 0.6 is 0 Å². The number of aryl methyl sites for hydroxylation is 1. The van der Waals surface area contributed by atoms with E-state index in [9.17, 15) is 9.59 Å². The van der Waals surface area contributed by atoms with Gasteiger partial charge in [-0.05, 0) is 49.8 Å². The molecule has 1 atom stereocenters. The van der Waals surface area contributed by atoms with Crippen LogP contribution in [0.3, 0.4) is 0 Å². The Labute approximate surface area is 224 Å². The second kappa shape index (κ2) is 14.1. The Kier molecular flexibility index (Phi) is 11.2. The van der Waals surface area contributed by atoms with E-state index in [0.29, 0.717) is 31.8 Å². The summed E-state index contributed by atoms with van der Waals surface area (Å²) in [5.74, 6) is 1.13. The number of nitrogens with zero attached hydrogens (tertiary/aromatic N) is 2. The van der Waals surface area contributed by atoms with E-state index in [1.165, 1.54) is 13.8 Å². The van der Waals surface area contributed by atoms with E-state index in [0.717, 1.165) is 60.7 Å². The van der Waals surface area contributed by atoms with E-state index in [1.807, 2.05) is 38.1 Å². The number of rotatable bonds is 15. The molecule has 0 aliphatic heterocycles. The molecule has 1 aliphatic rings. The van der Waals surface area contributed by atoms with E-state index in [-0.39, 0.29) is 17.7 Å². The van der Waals surface area contributed by atoms with Crippen molar-refractivity contribution < 1.29 is 19.1 Å². The molecular formula is C28H43BN3O4Si. The molecule has 1 aromatic carbocycles. The van der Waals surface area contributed by atoms with Crippen LogP contribution in [-0.4, -0.2) is 56.5 Å². The minimum atomic E-state index is -1.16. The summed E-state index contributed by atoms with van der Waals surface area (Å²) < 4.78 is 13.7. The van der Waals surface area contributed by atoms with Crippen LogP contribution in [0.5, 0.6) is 5.88 Å². The largest absolute Gasteiger partial charge is 0.478 e. The SMILES string of the molecule is CCOc1c(-c2ccc(CC(=O)[C@@H](N[B]C=O)C3CCCCC3)cc2)c(C)nn1COCC[Si](C)(C)C. The normalized spacial score (nSPS) is 15.4. The molecule has 0 bridgehead atoms. The Hall–Kier alpha value is -2.23. The molecule has 0 saturated heterocycles. The molecule has 0 amide bonds. The maximum Gasteiger partial charge on any atom is 0.290 e. The van der Waals surface area contributed by atoms with Crippen molar-refractivity contribution in [2.45, 2.75) is 90.8 Å². The molecule has 0 unspecified atom stereocenters. The number of hydrogen-bond donors (Lipinski definition) is 1. The lowest BCUT2D eigenvalue weighted by molar-refractivity contribution is -0.121. The fourth-order valence-electron chi connectivity index (χ4n) is 5.00. The highest BCUT2D eigenvalue weighted by molar-refractivity contribution is 6.76. The molecule has 1 saturated carbocycles. The Morgan fingerprint density at radius 3 is 2.54 bits per heavy atom. The number of nitrogens with one attached hydrogen (secondary N) is 1. The van der Waals surface area contributed by atoms with E-state index in [1.54, 1.807) is 4.68 Å². The van der Waals surface area contributed by atoms with Crippen molar-refractivity contribution in [3.8, 4) is 17.0 Å². The van der Waals surface area contributed by atoms with Crippen molar-refractivity contribution in [2.24, 2.45) is 5.92 Å². The first-order valence-corrected chi connectivity index (χ1v) is 17.4. The van der Waals surface area contributed by atoms with Crippen LogP contribution in [0, 0.1) is 12.8 Å². The highest BCUT2D eigenvalue weighted by atomic mass is 28.3. The molecule has 1 aliphatic carbocycles. The first-order chi connectivity index (χ1) is 17.7. The van der Waals surface area contributed by atoms with Crippen LogP contribution < -0.4 is 9.96 Å². The van der Waals surface area contributed by atoms with Crippen molar-refractivity contribution in [2.75, 3.05) is 13.2 Å². The molecule has 9 heteroatoms. The third-order valence-electron chi connectivity index (χ3n) is 7.00. The van der Waals surface area contributed by atoms with Gasteiger partial charge in [-0.2, -0.15) is 5.10 Å². The minimum absolute atomic E-state index is 0.132. The third kappa shape index (κ3) is 8.65. The number of ether oxygens (including phenoxy) is 2. The van der Waals surface area contributed by atoms with E-state index < -0.39 is 8.07 Å². The maximum absolute atomic E-state index is 13.2. The molecule has 1 heterocycles. The van der Waals surface area contributed by atoms with Crippen LogP contribution in [0.4, 0.5) is 0 Å². The van der Waals surface area contributed by atoms with Gasteiger partial charge in [-0.1, -0.05) is 63.2 Å². The van der Waals surface area contributed by atoms with Gasteiger partial charge in [0.15, 0.2) is 5.78 Å². The van der Waals surface area contributed by atoms with Crippen molar-refractivity contribution in [1.82, 2.24) is 15.0 Å². The monoisotopic (exact) mass is 524 g/mol. The van der Waals surface area contributed by atoms with E-state index >= 15 is 0 Å². The minimum Gasteiger partial charge on any atom is -0.478 e. The molecular weight excluding hydrogens is 481 g/mol. The predicted octanol–water partition coefficient (Wildman–Crippen LogP) is 5.03. The standard InChI is InChI=1S/C28H43BN3O4Si/c1-6-36-28-26(21(2)31-32(28)20-35-16-17-37(3,4)5)23-14-12-22(13-15-23)18-25(34)27(30-29-19-33)24-10-8-7-9-11-24/h12-15,19,24,27,30H,6-11,16-18,20H2,1-5H3/t27-/m0/s1. The molecule has 0 spiro atoms. The second-order valence-electron chi connectivity index (χ2n) is 11.2. The van der Waals surface area contributed by atoms with Crippen LogP contribution in [0.2, 0.25) is 25.7 Å². The summed E-state index contributed by atoms with van der Waals surface area (Å²) in [6.07, 6.45) is 6.62. The lowest BCUT2D eigenvalue weighted by Crippen LogP contribution is -2.46. The fourth-order valence-corrected chi connectivity index (χ4v) is 5.75.